The molecule has 0 saturated heterocycles. The van der Waals surface area contributed by atoms with E-state index in [-0.39, 0.29) is 16.6 Å². The van der Waals surface area contributed by atoms with E-state index >= 15 is 0 Å². The number of carbonyl (C=O) groups is 1. The molecule has 1 fully saturated rings. The number of rotatable bonds is 6. The van der Waals surface area contributed by atoms with Crippen LogP contribution in [0.4, 0.5) is 13.2 Å². The molecule has 1 aromatic rings. The highest BCUT2D eigenvalue weighted by Crippen LogP contribution is 2.34. The molecule has 2 rings (SSSR count). The van der Waals surface area contributed by atoms with Gasteiger partial charge >= 0.3 is 6.18 Å². The maximum absolute atomic E-state index is 12.7. The van der Waals surface area contributed by atoms with Crippen molar-refractivity contribution >= 4 is 27.5 Å². The van der Waals surface area contributed by atoms with E-state index in [1.807, 2.05) is 0 Å². The van der Waals surface area contributed by atoms with E-state index in [1.165, 1.54) is 0 Å². The Kier molecular flexibility index (Phi) is 4.93. The van der Waals surface area contributed by atoms with Crippen LogP contribution in [0, 0.1) is 0 Å². The number of sulfonamides is 1. The largest absolute Gasteiger partial charge is 0.416 e. The number of amides is 1. The van der Waals surface area contributed by atoms with Gasteiger partial charge in [-0.3, -0.25) is 4.79 Å². The van der Waals surface area contributed by atoms with Gasteiger partial charge in [-0.15, -0.1) is 0 Å². The van der Waals surface area contributed by atoms with Crippen molar-refractivity contribution in [1.29, 1.82) is 0 Å². The summed E-state index contributed by atoms with van der Waals surface area (Å²) in [7, 11) is -4.01. The quantitative estimate of drug-likeness (QED) is 0.833. The summed E-state index contributed by atoms with van der Waals surface area (Å²) in [5.41, 5.74) is 3.88. The second-order valence-corrected chi connectivity index (χ2v) is 7.63. The number of primary amides is 1. The molecular weight excluding hydrogens is 357 g/mol. The second-order valence-electron chi connectivity index (χ2n) is 5.30. The maximum atomic E-state index is 12.7. The summed E-state index contributed by atoms with van der Waals surface area (Å²) in [6.45, 7) is -0.496. The number of carbonyl (C=O) groups excluding carboxylic acids is 1. The van der Waals surface area contributed by atoms with E-state index in [9.17, 15) is 26.4 Å². The lowest BCUT2D eigenvalue weighted by atomic mass is 10.1. The first-order valence-corrected chi connectivity index (χ1v) is 8.63. The summed E-state index contributed by atoms with van der Waals surface area (Å²) < 4.78 is 64.0. The van der Waals surface area contributed by atoms with Gasteiger partial charge in [-0.2, -0.15) is 17.5 Å². The van der Waals surface area contributed by atoms with Crippen LogP contribution in [0.5, 0.6) is 0 Å². The number of hydrogen-bond donors (Lipinski definition) is 1. The first kappa shape index (κ1) is 18.0. The Hall–Kier alpha value is -1.32. The highest BCUT2D eigenvalue weighted by molar-refractivity contribution is 7.88. The lowest BCUT2D eigenvalue weighted by Gasteiger charge is -2.21. The minimum absolute atomic E-state index is 0.0867. The fraction of sp³-hybridized carbons (Fsp3) is 0.462. The molecule has 1 amide bonds. The fourth-order valence-electron chi connectivity index (χ4n) is 2.11. The van der Waals surface area contributed by atoms with Gasteiger partial charge in [0.15, 0.2) is 0 Å². The van der Waals surface area contributed by atoms with Gasteiger partial charge in [0.1, 0.15) is 0 Å². The molecular formula is C13H14ClF3N2O3S. The zero-order valence-electron chi connectivity index (χ0n) is 11.8. The van der Waals surface area contributed by atoms with Crippen LogP contribution in [-0.2, 0) is 26.7 Å². The third kappa shape index (κ3) is 4.58. The average molecular weight is 371 g/mol. The van der Waals surface area contributed by atoms with Crippen LogP contribution in [-0.4, -0.2) is 31.2 Å². The average Bonchev–Trinajstić information content (AvgIpc) is 3.21. The number of halogens is 4. The summed E-state index contributed by atoms with van der Waals surface area (Å²) in [6.07, 6.45) is -3.43. The van der Waals surface area contributed by atoms with Crippen molar-refractivity contribution in [2.45, 2.75) is 30.8 Å². The van der Waals surface area contributed by atoms with E-state index in [4.69, 9.17) is 17.3 Å². The van der Waals surface area contributed by atoms with Crippen molar-refractivity contribution in [2.24, 2.45) is 5.73 Å². The van der Waals surface area contributed by atoms with Crippen LogP contribution in [0.2, 0.25) is 5.02 Å². The van der Waals surface area contributed by atoms with Gasteiger partial charge in [0, 0.05) is 11.1 Å². The molecule has 0 aromatic heterocycles. The Morgan fingerprint density at radius 1 is 1.35 bits per heavy atom. The minimum Gasteiger partial charge on any atom is -0.369 e. The molecule has 0 radical (unpaired) electrons. The Balaban J connectivity index is 2.30. The van der Waals surface area contributed by atoms with Crippen LogP contribution < -0.4 is 5.73 Å². The molecule has 0 bridgehead atoms. The van der Waals surface area contributed by atoms with E-state index in [2.05, 4.69) is 0 Å². The van der Waals surface area contributed by atoms with Crippen LogP contribution in [0.15, 0.2) is 18.2 Å². The van der Waals surface area contributed by atoms with Gasteiger partial charge < -0.3 is 5.73 Å². The number of nitrogens with two attached hydrogens (primary N) is 1. The molecule has 23 heavy (non-hydrogen) atoms. The summed E-state index contributed by atoms with van der Waals surface area (Å²) in [5.74, 6) is -1.55. The Labute approximate surface area is 136 Å². The van der Waals surface area contributed by atoms with E-state index in [0.29, 0.717) is 18.9 Å². The SMILES string of the molecule is NC(=O)CN(C1CC1)S(=O)(=O)Cc1cc(C(F)(F)F)ccc1Cl. The lowest BCUT2D eigenvalue weighted by molar-refractivity contribution is -0.137. The van der Waals surface area contributed by atoms with Crippen LogP contribution >= 0.6 is 11.6 Å². The predicted octanol–water partition coefficient (Wildman–Crippen LogP) is 2.14. The molecule has 0 spiro atoms. The maximum Gasteiger partial charge on any atom is 0.416 e. The minimum atomic E-state index is -4.60. The highest BCUT2D eigenvalue weighted by atomic mass is 35.5. The zero-order valence-corrected chi connectivity index (χ0v) is 13.4. The van der Waals surface area contributed by atoms with Gasteiger partial charge in [0.05, 0.1) is 17.9 Å². The fourth-order valence-corrected chi connectivity index (χ4v) is 4.16. The van der Waals surface area contributed by atoms with Gasteiger partial charge in [-0.05, 0) is 36.6 Å². The van der Waals surface area contributed by atoms with E-state index < -0.39 is 40.0 Å². The first-order valence-electron chi connectivity index (χ1n) is 6.64. The monoisotopic (exact) mass is 370 g/mol. The topological polar surface area (TPSA) is 80.5 Å². The third-order valence-electron chi connectivity index (χ3n) is 3.33. The molecule has 128 valence electrons. The number of hydrogen-bond acceptors (Lipinski definition) is 3. The molecule has 2 N–H and O–H groups in total. The molecule has 0 unspecified atom stereocenters. The van der Waals surface area contributed by atoms with Crippen molar-refractivity contribution in [3.8, 4) is 0 Å². The molecule has 1 aliphatic rings. The van der Waals surface area contributed by atoms with Crippen molar-refractivity contribution in [1.82, 2.24) is 4.31 Å². The van der Waals surface area contributed by atoms with Crippen molar-refractivity contribution in [2.75, 3.05) is 6.54 Å². The number of alkyl halides is 3. The molecule has 5 nitrogen and oxygen atoms in total. The summed E-state index contributed by atoms with van der Waals surface area (Å²) in [5, 5.41) is -0.0867. The normalized spacial score (nSPS) is 15.9. The molecule has 1 aromatic carbocycles. The molecule has 1 aliphatic carbocycles. The molecule has 10 heteroatoms. The second kappa shape index (κ2) is 6.29. The third-order valence-corrected chi connectivity index (χ3v) is 5.52. The Morgan fingerprint density at radius 2 is 1.96 bits per heavy atom. The van der Waals surface area contributed by atoms with Crippen molar-refractivity contribution < 1.29 is 26.4 Å². The van der Waals surface area contributed by atoms with Gasteiger partial charge in [-0.1, -0.05) is 11.6 Å². The number of benzene rings is 1. The smallest absolute Gasteiger partial charge is 0.369 e. The highest BCUT2D eigenvalue weighted by Gasteiger charge is 2.38. The summed E-state index contributed by atoms with van der Waals surface area (Å²) in [4.78, 5) is 11.0. The van der Waals surface area contributed by atoms with Crippen LogP contribution in [0.3, 0.4) is 0 Å². The standard InChI is InChI=1S/C13H14ClF3N2O3S/c14-11-4-1-9(13(15,16)17)5-8(11)7-23(21,22)19(6-12(18)20)10-2-3-10/h1,4-5,10H,2-3,6-7H2,(H2,18,20). The van der Waals surface area contributed by atoms with Crippen molar-refractivity contribution in [3.63, 3.8) is 0 Å². The summed E-state index contributed by atoms with van der Waals surface area (Å²) in [6, 6.07) is 2.15. The summed E-state index contributed by atoms with van der Waals surface area (Å²) >= 11 is 5.82. The molecule has 1 saturated carbocycles. The van der Waals surface area contributed by atoms with Crippen molar-refractivity contribution in [3.05, 3.63) is 34.3 Å². The Morgan fingerprint density at radius 3 is 2.43 bits per heavy atom. The Bertz CT molecular complexity index is 718. The van der Waals surface area contributed by atoms with E-state index in [1.54, 1.807) is 0 Å². The molecule has 0 aliphatic heterocycles. The zero-order chi connectivity index (χ0) is 17.4. The number of nitrogens with zero attached hydrogens (tertiary/aromatic N) is 1. The van der Waals surface area contributed by atoms with Gasteiger partial charge in [-0.25, -0.2) is 8.42 Å². The van der Waals surface area contributed by atoms with E-state index in [0.717, 1.165) is 16.4 Å². The first-order chi connectivity index (χ1) is 10.5. The van der Waals surface area contributed by atoms with Crippen LogP contribution in [0.1, 0.15) is 24.0 Å². The molecule has 0 atom stereocenters. The predicted molar refractivity (Wildman–Crippen MR) is 78.0 cm³/mol. The van der Waals surface area contributed by atoms with Crippen LogP contribution in [0.25, 0.3) is 0 Å². The van der Waals surface area contributed by atoms with Gasteiger partial charge in [0.2, 0.25) is 15.9 Å². The van der Waals surface area contributed by atoms with Gasteiger partial charge in [0.25, 0.3) is 0 Å². The lowest BCUT2D eigenvalue weighted by Crippen LogP contribution is -2.40. The molecule has 0 heterocycles.